The van der Waals surface area contributed by atoms with Gasteiger partial charge in [0.25, 0.3) is 0 Å². The molecule has 0 spiro atoms. The number of anilines is 1. The number of nitrogens with zero attached hydrogens (tertiary/aromatic N) is 1. The van der Waals surface area contributed by atoms with E-state index < -0.39 is 0 Å². The van der Waals surface area contributed by atoms with Crippen LogP contribution in [0.4, 0.5) is 5.69 Å². The molecule has 1 saturated carbocycles. The number of nitrogens with two attached hydrogens (primary N) is 1. The van der Waals surface area contributed by atoms with Crippen molar-refractivity contribution in [3.05, 3.63) is 23.8 Å². The van der Waals surface area contributed by atoms with Crippen molar-refractivity contribution in [1.82, 2.24) is 0 Å². The maximum Gasteiger partial charge on any atom is 0.124 e. The predicted octanol–water partition coefficient (Wildman–Crippen LogP) is 2.61. The molecule has 4 heteroatoms. The lowest BCUT2D eigenvalue weighted by Gasteiger charge is -2.34. The maximum atomic E-state index is 7.72. The van der Waals surface area contributed by atoms with Gasteiger partial charge in [-0.3, -0.25) is 5.41 Å². The van der Waals surface area contributed by atoms with E-state index >= 15 is 0 Å². The van der Waals surface area contributed by atoms with Gasteiger partial charge in [0.05, 0.1) is 12.8 Å². The second kappa shape index (κ2) is 5.95. The van der Waals surface area contributed by atoms with E-state index in [1.54, 1.807) is 7.11 Å². The standard InChI is InChI=1S/C15H23N3O/c1-3-18(10-11-5-4-6-11)14-9-12(19-2)7-8-13(14)15(16)17/h7-9,11H,3-6,10H2,1-2H3,(H3,16,17). The third kappa shape index (κ3) is 3.00. The Morgan fingerprint density at radius 2 is 2.21 bits per heavy atom. The van der Waals surface area contributed by atoms with E-state index in [1.165, 1.54) is 19.3 Å². The highest BCUT2D eigenvalue weighted by Gasteiger charge is 2.22. The zero-order valence-electron chi connectivity index (χ0n) is 11.8. The first-order valence-corrected chi connectivity index (χ1v) is 6.93. The summed E-state index contributed by atoms with van der Waals surface area (Å²) >= 11 is 0. The van der Waals surface area contributed by atoms with Crippen molar-refractivity contribution < 1.29 is 4.74 Å². The minimum absolute atomic E-state index is 0.115. The smallest absolute Gasteiger partial charge is 0.124 e. The first kappa shape index (κ1) is 13.7. The second-order valence-corrected chi connectivity index (χ2v) is 5.13. The van der Waals surface area contributed by atoms with Gasteiger partial charge < -0.3 is 15.4 Å². The molecule has 19 heavy (non-hydrogen) atoms. The normalized spacial score (nSPS) is 14.8. The third-order valence-electron chi connectivity index (χ3n) is 3.92. The molecule has 0 amide bonds. The van der Waals surface area contributed by atoms with Crippen LogP contribution >= 0.6 is 0 Å². The molecular weight excluding hydrogens is 238 g/mol. The van der Waals surface area contributed by atoms with E-state index in [2.05, 4.69) is 11.8 Å². The Hall–Kier alpha value is -1.71. The summed E-state index contributed by atoms with van der Waals surface area (Å²) in [5.41, 5.74) is 7.50. The third-order valence-corrected chi connectivity index (χ3v) is 3.92. The molecule has 1 aromatic carbocycles. The molecule has 0 aromatic heterocycles. The van der Waals surface area contributed by atoms with Gasteiger partial charge in [0.1, 0.15) is 11.6 Å². The Bertz CT molecular complexity index is 455. The van der Waals surface area contributed by atoms with Crippen molar-refractivity contribution >= 4 is 11.5 Å². The first-order valence-electron chi connectivity index (χ1n) is 6.93. The highest BCUT2D eigenvalue weighted by molar-refractivity contribution is 6.00. The van der Waals surface area contributed by atoms with Crippen molar-refractivity contribution in [2.45, 2.75) is 26.2 Å². The molecular formula is C15H23N3O. The van der Waals surface area contributed by atoms with Crippen LogP contribution in [-0.4, -0.2) is 26.0 Å². The van der Waals surface area contributed by atoms with Gasteiger partial charge in [-0.15, -0.1) is 0 Å². The summed E-state index contributed by atoms with van der Waals surface area (Å²) in [6.07, 6.45) is 3.98. The molecule has 0 atom stereocenters. The molecule has 1 aliphatic carbocycles. The van der Waals surface area contributed by atoms with Gasteiger partial charge in [0.2, 0.25) is 0 Å². The van der Waals surface area contributed by atoms with Crippen molar-refractivity contribution in [2.75, 3.05) is 25.1 Å². The first-order chi connectivity index (χ1) is 9.15. The summed E-state index contributed by atoms with van der Waals surface area (Å²) in [7, 11) is 1.66. The summed E-state index contributed by atoms with van der Waals surface area (Å²) in [6.45, 7) is 4.11. The van der Waals surface area contributed by atoms with Crippen LogP contribution in [0.5, 0.6) is 5.75 Å². The van der Waals surface area contributed by atoms with Crippen LogP contribution in [0.25, 0.3) is 0 Å². The Balaban J connectivity index is 2.29. The highest BCUT2D eigenvalue weighted by Crippen LogP contribution is 2.31. The fraction of sp³-hybridized carbons (Fsp3) is 0.533. The molecule has 0 radical (unpaired) electrons. The average molecular weight is 261 g/mol. The van der Waals surface area contributed by atoms with E-state index in [0.717, 1.165) is 36.0 Å². The Labute approximate surface area is 115 Å². The molecule has 2 rings (SSSR count). The molecule has 1 aliphatic rings. The fourth-order valence-electron chi connectivity index (χ4n) is 2.51. The largest absolute Gasteiger partial charge is 0.497 e. The lowest BCUT2D eigenvalue weighted by molar-refractivity contribution is 0.318. The number of amidine groups is 1. The van der Waals surface area contributed by atoms with Crippen molar-refractivity contribution in [3.63, 3.8) is 0 Å². The molecule has 0 bridgehead atoms. The molecule has 1 fully saturated rings. The Morgan fingerprint density at radius 3 is 2.68 bits per heavy atom. The highest BCUT2D eigenvalue weighted by atomic mass is 16.5. The molecule has 4 nitrogen and oxygen atoms in total. The van der Waals surface area contributed by atoms with E-state index in [-0.39, 0.29) is 5.84 Å². The number of methoxy groups -OCH3 is 1. The number of rotatable bonds is 6. The van der Waals surface area contributed by atoms with Crippen LogP contribution in [0.15, 0.2) is 18.2 Å². The van der Waals surface area contributed by atoms with Crippen LogP contribution in [0.3, 0.4) is 0 Å². The van der Waals surface area contributed by atoms with Crippen molar-refractivity contribution in [2.24, 2.45) is 11.7 Å². The summed E-state index contributed by atoms with van der Waals surface area (Å²) < 4.78 is 5.29. The SMILES string of the molecule is CCN(CC1CCC1)c1cc(OC)ccc1C(=N)N. The number of hydrogen-bond acceptors (Lipinski definition) is 3. The zero-order valence-corrected chi connectivity index (χ0v) is 11.8. The van der Waals surface area contributed by atoms with E-state index in [0.29, 0.717) is 0 Å². The van der Waals surface area contributed by atoms with Gasteiger partial charge in [0, 0.05) is 24.7 Å². The number of ether oxygens (including phenoxy) is 1. The minimum atomic E-state index is 0.115. The molecule has 1 aromatic rings. The van der Waals surface area contributed by atoms with Crippen LogP contribution < -0.4 is 15.4 Å². The average Bonchev–Trinajstić information content (AvgIpc) is 2.37. The maximum absolute atomic E-state index is 7.72. The van der Waals surface area contributed by atoms with Crippen molar-refractivity contribution in [3.8, 4) is 5.75 Å². The van der Waals surface area contributed by atoms with Crippen LogP contribution in [-0.2, 0) is 0 Å². The fourth-order valence-corrected chi connectivity index (χ4v) is 2.51. The number of hydrogen-bond donors (Lipinski definition) is 2. The molecule has 104 valence electrons. The van der Waals surface area contributed by atoms with Crippen LogP contribution in [0.1, 0.15) is 31.7 Å². The molecule has 0 unspecified atom stereocenters. The quantitative estimate of drug-likeness (QED) is 0.611. The van der Waals surface area contributed by atoms with Gasteiger partial charge in [-0.1, -0.05) is 6.42 Å². The summed E-state index contributed by atoms with van der Waals surface area (Å²) in [5, 5.41) is 7.72. The molecule has 3 N–H and O–H groups in total. The zero-order chi connectivity index (χ0) is 13.8. The monoisotopic (exact) mass is 261 g/mol. The van der Waals surface area contributed by atoms with Crippen LogP contribution in [0.2, 0.25) is 0 Å². The topological polar surface area (TPSA) is 62.3 Å². The molecule has 0 heterocycles. The summed E-state index contributed by atoms with van der Waals surface area (Å²) in [5.74, 6) is 1.71. The second-order valence-electron chi connectivity index (χ2n) is 5.13. The number of nitrogen functional groups attached to an aromatic ring is 1. The Morgan fingerprint density at radius 1 is 1.47 bits per heavy atom. The molecule has 0 aliphatic heterocycles. The minimum Gasteiger partial charge on any atom is -0.497 e. The number of nitrogens with one attached hydrogen (secondary N) is 1. The van der Waals surface area contributed by atoms with E-state index in [1.807, 2.05) is 18.2 Å². The van der Waals surface area contributed by atoms with E-state index in [9.17, 15) is 0 Å². The van der Waals surface area contributed by atoms with Gasteiger partial charge in [0.15, 0.2) is 0 Å². The number of benzene rings is 1. The van der Waals surface area contributed by atoms with Gasteiger partial charge in [-0.25, -0.2) is 0 Å². The lowest BCUT2D eigenvalue weighted by atomic mass is 9.85. The Kier molecular flexibility index (Phi) is 4.30. The molecule has 0 saturated heterocycles. The van der Waals surface area contributed by atoms with E-state index in [4.69, 9.17) is 15.9 Å². The van der Waals surface area contributed by atoms with Gasteiger partial charge in [-0.05, 0) is 37.8 Å². The summed E-state index contributed by atoms with van der Waals surface area (Å²) in [4.78, 5) is 2.31. The van der Waals surface area contributed by atoms with Crippen molar-refractivity contribution in [1.29, 1.82) is 5.41 Å². The van der Waals surface area contributed by atoms with Crippen LogP contribution in [0, 0.1) is 11.3 Å². The van der Waals surface area contributed by atoms with Gasteiger partial charge >= 0.3 is 0 Å². The lowest BCUT2D eigenvalue weighted by Crippen LogP contribution is -2.34. The predicted molar refractivity (Wildman–Crippen MR) is 79.2 cm³/mol. The van der Waals surface area contributed by atoms with Gasteiger partial charge in [-0.2, -0.15) is 0 Å². The summed E-state index contributed by atoms with van der Waals surface area (Å²) in [6, 6.07) is 5.72.